The Hall–Kier alpha value is -1.61. The Balaban J connectivity index is 2.42. The lowest BCUT2D eigenvalue weighted by atomic mass is 10.1. The minimum atomic E-state index is 0.0219. The topological polar surface area (TPSA) is 20.3 Å². The van der Waals surface area contributed by atoms with E-state index in [-0.39, 0.29) is 5.91 Å². The number of nitrogens with zero attached hydrogens (tertiary/aromatic N) is 1. The predicted molar refractivity (Wildman–Crippen MR) is 87.4 cm³/mol. The number of halogens is 1. The molecule has 0 N–H and O–H groups in total. The SMILES string of the molecule is CCN(C(=O)c1ccc(C)cc1Br)c1ccccc1C. The molecule has 2 nitrogen and oxygen atoms in total. The van der Waals surface area contributed by atoms with E-state index in [1.54, 1.807) is 0 Å². The number of hydrogen-bond donors (Lipinski definition) is 0. The van der Waals surface area contributed by atoms with E-state index in [4.69, 9.17) is 0 Å². The first-order valence-corrected chi connectivity index (χ1v) is 7.47. The molecule has 2 rings (SSSR count). The highest BCUT2D eigenvalue weighted by atomic mass is 79.9. The average Bonchev–Trinajstić information content (AvgIpc) is 2.41. The van der Waals surface area contributed by atoms with Gasteiger partial charge in [-0.15, -0.1) is 0 Å². The molecule has 104 valence electrons. The Labute approximate surface area is 128 Å². The fraction of sp³-hybridized carbons (Fsp3) is 0.235. The van der Waals surface area contributed by atoms with Crippen molar-refractivity contribution in [3.63, 3.8) is 0 Å². The summed E-state index contributed by atoms with van der Waals surface area (Å²) < 4.78 is 0.842. The first-order valence-electron chi connectivity index (χ1n) is 6.68. The maximum absolute atomic E-state index is 12.8. The summed E-state index contributed by atoms with van der Waals surface area (Å²) in [5.74, 6) is 0.0219. The number of benzene rings is 2. The molecule has 0 unspecified atom stereocenters. The number of carbonyl (C=O) groups excluding carboxylic acids is 1. The summed E-state index contributed by atoms with van der Waals surface area (Å²) in [4.78, 5) is 14.6. The molecule has 0 spiro atoms. The van der Waals surface area contributed by atoms with Crippen molar-refractivity contribution in [2.45, 2.75) is 20.8 Å². The molecule has 0 aliphatic heterocycles. The van der Waals surface area contributed by atoms with Crippen LogP contribution in [-0.2, 0) is 0 Å². The minimum Gasteiger partial charge on any atom is -0.308 e. The highest BCUT2D eigenvalue weighted by Gasteiger charge is 2.19. The second-order valence-electron chi connectivity index (χ2n) is 4.82. The van der Waals surface area contributed by atoms with Crippen molar-refractivity contribution in [3.05, 3.63) is 63.6 Å². The van der Waals surface area contributed by atoms with Gasteiger partial charge in [0, 0.05) is 16.7 Å². The second kappa shape index (κ2) is 6.23. The molecule has 3 heteroatoms. The van der Waals surface area contributed by atoms with Crippen molar-refractivity contribution in [2.24, 2.45) is 0 Å². The third-order valence-electron chi connectivity index (χ3n) is 3.32. The lowest BCUT2D eigenvalue weighted by Gasteiger charge is -2.23. The van der Waals surface area contributed by atoms with Crippen LogP contribution in [-0.4, -0.2) is 12.5 Å². The Kier molecular flexibility index (Phi) is 4.61. The summed E-state index contributed by atoms with van der Waals surface area (Å²) in [6, 6.07) is 13.8. The van der Waals surface area contributed by atoms with Crippen molar-refractivity contribution < 1.29 is 4.79 Å². The van der Waals surface area contributed by atoms with Crippen LogP contribution in [0.25, 0.3) is 0 Å². The first-order chi connectivity index (χ1) is 9.54. The first kappa shape index (κ1) is 14.8. The zero-order valence-electron chi connectivity index (χ0n) is 12.0. The van der Waals surface area contributed by atoms with Crippen LogP contribution in [0.3, 0.4) is 0 Å². The van der Waals surface area contributed by atoms with Crippen LogP contribution < -0.4 is 4.90 Å². The molecule has 20 heavy (non-hydrogen) atoms. The zero-order valence-corrected chi connectivity index (χ0v) is 13.6. The number of rotatable bonds is 3. The number of amides is 1. The van der Waals surface area contributed by atoms with Crippen LogP contribution in [0, 0.1) is 13.8 Å². The Bertz CT molecular complexity index is 637. The number of para-hydroxylation sites is 1. The molecule has 0 aromatic heterocycles. The van der Waals surface area contributed by atoms with Gasteiger partial charge in [-0.25, -0.2) is 0 Å². The van der Waals surface area contributed by atoms with E-state index in [2.05, 4.69) is 15.9 Å². The van der Waals surface area contributed by atoms with E-state index in [0.29, 0.717) is 12.1 Å². The molecule has 0 fully saturated rings. The molecule has 0 aliphatic rings. The predicted octanol–water partition coefficient (Wildman–Crippen LogP) is 4.73. The monoisotopic (exact) mass is 331 g/mol. The van der Waals surface area contributed by atoms with E-state index in [0.717, 1.165) is 21.3 Å². The average molecular weight is 332 g/mol. The number of carbonyl (C=O) groups is 1. The van der Waals surface area contributed by atoms with E-state index in [1.165, 1.54) is 0 Å². The molecule has 2 aromatic rings. The maximum Gasteiger partial charge on any atom is 0.259 e. The fourth-order valence-electron chi connectivity index (χ4n) is 2.23. The Morgan fingerprint density at radius 1 is 1.15 bits per heavy atom. The zero-order chi connectivity index (χ0) is 14.7. The molecule has 2 aromatic carbocycles. The molecule has 0 radical (unpaired) electrons. The molecule has 0 saturated heterocycles. The summed E-state index contributed by atoms with van der Waals surface area (Å²) in [6.45, 7) is 6.67. The number of anilines is 1. The van der Waals surface area contributed by atoms with Gasteiger partial charge in [0.25, 0.3) is 5.91 Å². The van der Waals surface area contributed by atoms with Gasteiger partial charge in [-0.3, -0.25) is 4.79 Å². The smallest absolute Gasteiger partial charge is 0.259 e. The summed E-state index contributed by atoms with van der Waals surface area (Å²) >= 11 is 3.49. The fourth-order valence-corrected chi connectivity index (χ4v) is 2.89. The van der Waals surface area contributed by atoms with Crippen molar-refractivity contribution in [1.29, 1.82) is 0 Å². The molecular weight excluding hydrogens is 314 g/mol. The molecule has 0 atom stereocenters. The molecule has 0 heterocycles. The molecular formula is C17H18BrNO. The lowest BCUT2D eigenvalue weighted by molar-refractivity contribution is 0.0987. The van der Waals surface area contributed by atoms with Gasteiger partial charge >= 0.3 is 0 Å². The highest BCUT2D eigenvalue weighted by Crippen LogP contribution is 2.25. The van der Waals surface area contributed by atoms with Crippen LogP contribution >= 0.6 is 15.9 Å². The normalized spacial score (nSPS) is 10.4. The summed E-state index contributed by atoms with van der Waals surface area (Å²) in [6.07, 6.45) is 0. The number of hydrogen-bond acceptors (Lipinski definition) is 1. The molecule has 1 amide bonds. The van der Waals surface area contributed by atoms with E-state index in [1.807, 2.05) is 68.1 Å². The largest absolute Gasteiger partial charge is 0.308 e. The quantitative estimate of drug-likeness (QED) is 0.795. The number of aryl methyl sites for hydroxylation is 2. The molecule has 0 aliphatic carbocycles. The Morgan fingerprint density at radius 2 is 1.85 bits per heavy atom. The summed E-state index contributed by atoms with van der Waals surface area (Å²) in [5.41, 5.74) is 3.89. The van der Waals surface area contributed by atoms with Crippen molar-refractivity contribution in [2.75, 3.05) is 11.4 Å². The standard InChI is InChI=1S/C17H18BrNO/c1-4-19(16-8-6-5-7-13(16)3)17(20)14-10-9-12(2)11-15(14)18/h5-11H,4H2,1-3H3. The van der Waals surface area contributed by atoms with Crippen LogP contribution in [0.1, 0.15) is 28.4 Å². The third-order valence-corrected chi connectivity index (χ3v) is 3.98. The van der Waals surface area contributed by atoms with Crippen LogP contribution in [0.2, 0.25) is 0 Å². The highest BCUT2D eigenvalue weighted by molar-refractivity contribution is 9.10. The van der Waals surface area contributed by atoms with Crippen molar-refractivity contribution in [3.8, 4) is 0 Å². The maximum atomic E-state index is 12.8. The third kappa shape index (κ3) is 2.93. The van der Waals surface area contributed by atoms with Gasteiger partial charge in [0.15, 0.2) is 0 Å². The van der Waals surface area contributed by atoms with Crippen LogP contribution in [0.15, 0.2) is 46.9 Å². The van der Waals surface area contributed by atoms with Gasteiger partial charge < -0.3 is 4.90 Å². The lowest BCUT2D eigenvalue weighted by Crippen LogP contribution is -2.31. The minimum absolute atomic E-state index is 0.0219. The van der Waals surface area contributed by atoms with E-state index in [9.17, 15) is 4.79 Å². The summed E-state index contributed by atoms with van der Waals surface area (Å²) in [5, 5.41) is 0. The summed E-state index contributed by atoms with van der Waals surface area (Å²) in [7, 11) is 0. The second-order valence-corrected chi connectivity index (χ2v) is 5.67. The molecule has 0 saturated carbocycles. The molecule has 0 bridgehead atoms. The van der Waals surface area contributed by atoms with Gasteiger partial charge in [-0.1, -0.05) is 24.3 Å². The van der Waals surface area contributed by atoms with Crippen molar-refractivity contribution >= 4 is 27.5 Å². The van der Waals surface area contributed by atoms with E-state index >= 15 is 0 Å². The van der Waals surface area contributed by atoms with Gasteiger partial charge in [0.1, 0.15) is 0 Å². The van der Waals surface area contributed by atoms with Crippen molar-refractivity contribution in [1.82, 2.24) is 0 Å². The van der Waals surface area contributed by atoms with Crippen LogP contribution in [0.4, 0.5) is 5.69 Å². The van der Waals surface area contributed by atoms with Gasteiger partial charge in [0.2, 0.25) is 0 Å². The van der Waals surface area contributed by atoms with E-state index < -0.39 is 0 Å². The van der Waals surface area contributed by atoms with Gasteiger partial charge in [-0.05, 0) is 66.0 Å². The van der Waals surface area contributed by atoms with Gasteiger partial charge in [0.05, 0.1) is 5.56 Å². The van der Waals surface area contributed by atoms with Gasteiger partial charge in [-0.2, -0.15) is 0 Å². The van der Waals surface area contributed by atoms with Crippen LogP contribution in [0.5, 0.6) is 0 Å². The Morgan fingerprint density at radius 3 is 2.45 bits per heavy atom.